The molecule has 0 bridgehead atoms. The van der Waals surface area contributed by atoms with Gasteiger partial charge in [0.15, 0.2) is 11.5 Å². The highest BCUT2D eigenvalue weighted by atomic mass is 16.5. The smallest absolute Gasteiger partial charge is 0.165 e. The molecule has 7 heteroatoms. The molecular weight excluding hydrogens is 282 g/mol. The van der Waals surface area contributed by atoms with Gasteiger partial charge in [0, 0.05) is 5.56 Å². The molecule has 0 saturated carbocycles. The Labute approximate surface area is 127 Å². The van der Waals surface area contributed by atoms with Crippen LogP contribution in [0.15, 0.2) is 36.9 Å². The minimum Gasteiger partial charge on any atom is -0.508 e. The van der Waals surface area contributed by atoms with E-state index in [1.54, 1.807) is 18.5 Å². The summed E-state index contributed by atoms with van der Waals surface area (Å²) in [4.78, 5) is 12.3. The molecule has 2 heterocycles. The van der Waals surface area contributed by atoms with Crippen LogP contribution >= 0.6 is 0 Å². The van der Waals surface area contributed by atoms with Gasteiger partial charge < -0.3 is 20.1 Å². The number of phenols is 1. The highest BCUT2D eigenvalue weighted by Gasteiger charge is 2.11. The van der Waals surface area contributed by atoms with Crippen LogP contribution in [0.3, 0.4) is 0 Å². The average Bonchev–Trinajstić information content (AvgIpc) is 2.91. The van der Waals surface area contributed by atoms with Gasteiger partial charge >= 0.3 is 0 Å². The molecule has 0 unspecified atom stereocenters. The van der Waals surface area contributed by atoms with Crippen molar-refractivity contribution in [1.82, 2.24) is 19.5 Å². The largest absolute Gasteiger partial charge is 0.508 e. The van der Waals surface area contributed by atoms with Crippen LogP contribution in [0.1, 0.15) is 12.5 Å². The lowest BCUT2D eigenvalue weighted by atomic mass is 10.2. The van der Waals surface area contributed by atoms with Crippen molar-refractivity contribution in [2.24, 2.45) is 0 Å². The Kier molecular flexibility index (Phi) is 3.88. The van der Waals surface area contributed by atoms with Crippen LogP contribution in [0.4, 0.5) is 5.82 Å². The Hall–Kier alpha value is -2.67. The zero-order chi connectivity index (χ0) is 15.5. The standard InChI is InChI=1S/C15H17N5O2/c1-10(22-7-11-4-2-3-5-12(11)21)6-20-9-19-13-14(16)17-8-18-15(13)20/h2-5,8-10,21H,6-7H2,1H3,(H2,16,17,18)/t10-/m1/s1. The summed E-state index contributed by atoms with van der Waals surface area (Å²) >= 11 is 0. The van der Waals surface area contributed by atoms with Crippen LogP contribution in [0, 0.1) is 0 Å². The van der Waals surface area contributed by atoms with Crippen LogP contribution in [0.5, 0.6) is 5.75 Å². The quantitative estimate of drug-likeness (QED) is 0.744. The number of fused-ring (bicyclic) bond motifs is 1. The van der Waals surface area contributed by atoms with Crippen LogP contribution in [-0.4, -0.2) is 30.7 Å². The third kappa shape index (κ3) is 2.84. The van der Waals surface area contributed by atoms with Crippen molar-refractivity contribution in [3.8, 4) is 5.75 Å². The van der Waals surface area contributed by atoms with Gasteiger partial charge in [-0.25, -0.2) is 15.0 Å². The van der Waals surface area contributed by atoms with Crippen molar-refractivity contribution in [3.63, 3.8) is 0 Å². The molecule has 1 aromatic carbocycles. The van der Waals surface area contributed by atoms with Gasteiger partial charge in [0.25, 0.3) is 0 Å². The van der Waals surface area contributed by atoms with E-state index >= 15 is 0 Å². The molecule has 0 aliphatic carbocycles. The Morgan fingerprint density at radius 2 is 2.09 bits per heavy atom. The molecule has 7 nitrogen and oxygen atoms in total. The summed E-state index contributed by atoms with van der Waals surface area (Å²) in [6, 6.07) is 7.13. The van der Waals surface area contributed by atoms with Gasteiger partial charge in [-0.3, -0.25) is 0 Å². The number of aromatic hydroxyl groups is 1. The van der Waals surface area contributed by atoms with Crippen LogP contribution in [0.2, 0.25) is 0 Å². The molecule has 1 atom stereocenters. The molecule has 0 aliphatic rings. The van der Waals surface area contributed by atoms with Gasteiger partial charge in [-0.05, 0) is 13.0 Å². The third-order valence-corrected chi connectivity index (χ3v) is 3.40. The van der Waals surface area contributed by atoms with Crippen molar-refractivity contribution < 1.29 is 9.84 Å². The van der Waals surface area contributed by atoms with Gasteiger partial charge in [-0.2, -0.15) is 0 Å². The highest BCUT2D eigenvalue weighted by Crippen LogP contribution is 2.18. The highest BCUT2D eigenvalue weighted by molar-refractivity contribution is 5.81. The second kappa shape index (κ2) is 5.98. The molecule has 2 aromatic heterocycles. The predicted molar refractivity (Wildman–Crippen MR) is 82.1 cm³/mol. The first-order valence-corrected chi connectivity index (χ1v) is 6.95. The second-order valence-electron chi connectivity index (χ2n) is 5.08. The third-order valence-electron chi connectivity index (χ3n) is 3.40. The number of aromatic nitrogens is 4. The van der Waals surface area contributed by atoms with Gasteiger partial charge in [0.05, 0.1) is 25.6 Å². The van der Waals surface area contributed by atoms with Gasteiger partial charge in [0.1, 0.15) is 17.6 Å². The maximum Gasteiger partial charge on any atom is 0.165 e. The zero-order valence-electron chi connectivity index (χ0n) is 12.2. The Bertz CT molecular complexity index is 786. The number of ether oxygens (including phenoxy) is 1. The molecule has 0 saturated heterocycles. The first kappa shape index (κ1) is 14.3. The van der Waals surface area contributed by atoms with E-state index in [-0.39, 0.29) is 11.9 Å². The molecule has 3 aromatic rings. The normalized spacial score (nSPS) is 12.6. The van der Waals surface area contributed by atoms with Crippen molar-refractivity contribution in [1.29, 1.82) is 0 Å². The van der Waals surface area contributed by atoms with Crippen molar-refractivity contribution in [3.05, 3.63) is 42.5 Å². The van der Waals surface area contributed by atoms with E-state index in [1.807, 2.05) is 23.6 Å². The summed E-state index contributed by atoms with van der Waals surface area (Å²) in [6.45, 7) is 2.88. The zero-order valence-corrected chi connectivity index (χ0v) is 12.2. The van der Waals surface area contributed by atoms with E-state index in [1.165, 1.54) is 6.33 Å². The first-order valence-electron chi connectivity index (χ1n) is 6.95. The summed E-state index contributed by atoms with van der Waals surface area (Å²) in [5.41, 5.74) is 7.80. The molecule has 22 heavy (non-hydrogen) atoms. The van der Waals surface area contributed by atoms with Crippen molar-refractivity contribution >= 4 is 17.0 Å². The van der Waals surface area contributed by atoms with Gasteiger partial charge in [-0.15, -0.1) is 0 Å². The van der Waals surface area contributed by atoms with Crippen molar-refractivity contribution in [2.75, 3.05) is 5.73 Å². The summed E-state index contributed by atoms with van der Waals surface area (Å²) in [5, 5.41) is 9.73. The van der Waals surface area contributed by atoms with Gasteiger partial charge in [-0.1, -0.05) is 18.2 Å². The average molecular weight is 299 g/mol. The molecule has 0 spiro atoms. The molecule has 0 aliphatic heterocycles. The number of hydrogen-bond donors (Lipinski definition) is 2. The molecule has 3 rings (SSSR count). The fraction of sp³-hybridized carbons (Fsp3) is 0.267. The maximum absolute atomic E-state index is 9.73. The molecule has 0 radical (unpaired) electrons. The number of phenolic OH excluding ortho intramolecular Hbond substituents is 1. The predicted octanol–water partition coefficient (Wildman–Crippen LogP) is 1.72. The fourth-order valence-electron chi connectivity index (χ4n) is 2.23. The van der Waals surface area contributed by atoms with E-state index in [0.29, 0.717) is 30.1 Å². The molecular formula is C15H17N5O2. The molecule has 0 fully saturated rings. The fourth-order valence-corrected chi connectivity index (χ4v) is 2.23. The van der Waals surface area contributed by atoms with E-state index in [4.69, 9.17) is 10.5 Å². The van der Waals surface area contributed by atoms with E-state index in [0.717, 1.165) is 5.56 Å². The van der Waals surface area contributed by atoms with Crippen LogP contribution in [0.25, 0.3) is 11.2 Å². The lowest BCUT2D eigenvalue weighted by molar-refractivity contribution is 0.0415. The monoisotopic (exact) mass is 299 g/mol. The number of nitrogens with zero attached hydrogens (tertiary/aromatic N) is 4. The Morgan fingerprint density at radius 1 is 1.27 bits per heavy atom. The minimum atomic E-state index is -0.0757. The first-order chi connectivity index (χ1) is 10.6. The van der Waals surface area contributed by atoms with Crippen LogP contribution < -0.4 is 5.73 Å². The molecule has 0 amide bonds. The number of para-hydroxylation sites is 1. The Morgan fingerprint density at radius 3 is 2.91 bits per heavy atom. The SMILES string of the molecule is C[C@H](Cn1cnc2c(N)ncnc21)OCc1ccccc1O. The number of anilines is 1. The molecule has 114 valence electrons. The van der Waals surface area contributed by atoms with E-state index in [9.17, 15) is 5.11 Å². The topological polar surface area (TPSA) is 99.1 Å². The number of hydrogen-bond acceptors (Lipinski definition) is 6. The number of nitrogens with two attached hydrogens (primary N) is 1. The maximum atomic E-state index is 9.73. The number of benzene rings is 1. The lowest BCUT2D eigenvalue weighted by Crippen LogP contribution is -2.16. The summed E-state index contributed by atoms with van der Waals surface area (Å²) in [5.74, 6) is 0.606. The number of rotatable bonds is 5. The van der Waals surface area contributed by atoms with E-state index < -0.39 is 0 Å². The summed E-state index contributed by atoms with van der Waals surface area (Å²) in [6.07, 6.45) is 3.02. The second-order valence-corrected chi connectivity index (χ2v) is 5.08. The van der Waals surface area contributed by atoms with Crippen molar-refractivity contribution in [2.45, 2.75) is 26.2 Å². The summed E-state index contributed by atoms with van der Waals surface area (Å²) in [7, 11) is 0. The number of imidazole rings is 1. The minimum absolute atomic E-state index is 0.0757. The summed E-state index contributed by atoms with van der Waals surface area (Å²) < 4.78 is 7.66. The number of nitrogen functional groups attached to an aromatic ring is 1. The van der Waals surface area contributed by atoms with Gasteiger partial charge in [0.2, 0.25) is 0 Å². The molecule has 3 N–H and O–H groups in total. The Balaban J connectivity index is 1.67. The lowest BCUT2D eigenvalue weighted by Gasteiger charge is -2.14. The van der Waals surface area contributed by atoms with E-state index in [2.05, 4.69) is 15.0 Å². The van der Waals surface area contributed by atoms with Crippen LogP contribution in [-0.2, 0) is 17.9 Å².